The molecule has 1 N–H and O–H groups in total. The summed E-state index contributed by atoms with van der Waals surface area (Å²) in [5.74, 6) is 0. The van der Waals surface area contributed by atoms with Gasteiger partial charge in [-0.2, -0.15) is 0 Å². The summed E-state index contributed by atoms with van der Waals surface area (Å²) >= 11 is 1.46. The predicted molar refractivity (Wildman–Crippen MR) is 67.0 cm³/mol. The van der Waals surface area contributed by atoms with E-state index in [9.17, 15) is 9.90 Å². The van der Waals surface area contributed by atoms with Crippen molar-refractivity contribution in [3.05, 3.63) is 34.6 Å². The van der Waals surface area contributed by atoms with E-state index in [4.69, 9.17) is 0 Å². The van der Waals surface area contributed by atoms with Gasteiger partial charge >= 0.3 is 0 Å². The second-order valence-corrected chi connectivity index (χ2v) is 5.81. The Hall–Kier alpha value is -1.13. The number of aliphatic hydroxyl groups excluding tert-OH is 1. The Labute approximate surface area is 98.1 Å². The molecule has 2 aromatic rings. The first-order valence-corrected chi connectivity index (χ1v) is 6.00. The molecule has 0 saturated carbocycles. The second-order valence-electron chi connectivity index (χ2n) is 4.75. The highest BCUT2D eigenvalue weighted by Crippen LogP contribution is 2.21. The molecule has 0 radical (unpaired) electrons. The summed E-state index contributed by atoms with van der Waals surface area (Å²) in [7, 11) is 0. The molecule has 0 fully saturated rings. The van der Waals surface area contributed by atoms with Gasteiger partial charge in [0.25, 0.3) is 5.56 Å². The molecule has 0 unspecified atom stereocenters. The number of fused-ring (bicyclic) bond motifs is 1. The zero-order valence-corrected chi connectivity index (χ0v) is 10.3. The average Bonchev–Trinajstić information content (AvgIpc) is 2.56. The van der Waals surface area contributed by atoms with E-state index in [1.807, 2.05) is 38.1 Å². The van der Waals surface area contributed by atoms with Gasteiger partial charge in [-0.1, -0.05) is 37.5 Å². The molecule has 0 aliphatic heterocycles. The summed E-state index contributed by atoms with van der Waals surface area (Å²) in [6.45, 7) is 4.53. The molecular weight excluding hydrogens is 222 g/mol. The van der Waals surface area contributed by atoms with Gasteiger partial charge in [0.05, 0.1) is 10.1 Å². The van der Waals surface area contributed by atoms with Gasteiger partial charge in [-0.05, 0) is 12.1 Å². The highest BCUT2D eigenvalue weighted by molar-refractivity contribution is 7.13. The Morgan fingerprint density at radius 2 is 2.06 bits per heavy atom. The van der Waals surface area contributed by atoms with Crippen LogP contribution in [0.15, 0.2) is 29.1 Å². The van der Waals surface area contributed by atoms with Gasteiger partial charge in [-0.3, -0.25) is 8.75 Å². The molecule has 3 nitrogen and oxygen atoms in total. The zero-order chi connectivity index (χ0) is 11.8. The van der Waals surface area contributed by atoms with Gasteiger partial charge in [0.2, 0.25) is 0 Å². The third kappa shape index (κ3) is 2.03. The third-order valence-electron chi connectivity index (χ3n) is 2.55. The van der Waals surface area contributed by atoms with Crippen LogP contribution in [-0.2, 0) is 6.54 Å². The lowest BCUT2D eigenvalue weighted by atomic mass is 9.95. The maximum Gasteiger partial charge on any atom is 0.268 e. The van der Waals surface area contributed by atoms with E-state index < -0.39 is 0 Å². The lowest BCUT2D eigenvalue weighted by molar-refractivity contribution is 0.143. The largest absolute Gasteiger partial charge is 0.396 e. The van der Waals surface area contributed by atoms with Crippen LogP contribution in [0.2, 0.25) is 0 Å². The monoisotopic (exact) mass is 237 g/mol. The van der Waals surface area contributed by atoms with Crippen molar-refractivity contribution in [3.63, 3.8) is 0 Å². The summed E-state index contributed by atoms with van der Waals surface area (Å²) in [5.41, 5.74) is -0.216. The van der Waals surface area contributed by atoms with Crippen molar-refractivity contribution in [1.29, 1.82) is 0 Å². The van der Waals surface area contributed by atoms with Crippen LogP contribution < -0.4 is 5.56 Å². The Balaban J connectivity index is 2.47. The number of aromatic nitrogens is 1. The number of aliphatic hydroxyl groups is 1. The molecule has 0 aliphatic rings. The first-order valence-electron chi connectivity index (χ1n) is 5.23. The fraction of sp³-hybridized carbons (Fsp3) is 0.417. The molecule has 0 amide bonds. The van der Waals surface area contributed by atoms with Gasteiger partial charge in [-0.15, -0.1) is 0 Å². The highest BCUT2D eigenvalue weighted by atomic mass is 32.1. The lowest BCUT2D eigenvalue weighted by Gasteiger charge is -2.20. The van der Waals surface area contributed by atoms with Crippen LogP contribution in [-0.4, -0.2) is 15.7 Å². The fourth-order valence-electron chi connectivity index (χ4n) is 1.56. The number of hydrogen-bond acceptors (Lipinski definition) is 3. The number of hydrogen-bond donors (Lipinski definition) is 1. The first kappa shape index (κ1) is 11.4. The van der Waals surface area contributed by atoms with Crippen LogP contribution in [0.4, 0.5) is 0 Å². The smallest absolute Gasteiger partial charge is 0.268 e. The number of benzene rings is 1. The van der Waals surface area contributed by atoms with Crippen molar-refractivity contribution >= 4 is 21.6 Å². The molecule has 16 heavy (non-hydrogen) atoms. The van der Waals surface area contributed by atoms with Crippen molar-refractivity contribution in [2.24, 2.45) is 5.41 Å². The molecule has 0 aliphatic carbocycles. The van der Waals surface area contributed by atoms with E-state index >= 15 is 0 Å². The van der Waals surface area contributed by atoms with Gasteiger partial charge in [0.1, 0.15) is 0 Å². The predicted octanol–water partition coefficient (Wildman–Crippen LogP) is 2.08. The summed E-state index contributed by atoms with van der Waals surface area (Å²) in [6, 6.07) is 7.60. The maximum absolute atomic E-state index is 12.0. The van der Waals surface area contributed by atoms with Crippen molar-refractivity contribution in [1.82, 2.24) is 3.96 Å². The highest BCUT2D eigenvalue weighted by Gasteiger charge is 2.19. The van der Waals surface area contributed by atoms with Gasteiger partial charge < -0.3 is 5.11 Å². The molecule has 0 bridgehead atoms. The van der Waals surface area contributed by atoms with Crippen LogP contribution >= 0.6 is 11.5 Å². The molecule has 4 heteroatoms. The summed E-state index contributed by atoms with van der Waals surface area (Å²) in [4.78, 5) is 12.0. The number of rotatable bonds is 3. The van der Waals surface area contributed by atoms with Crippen LogP contribution in [0, 0.1) is 5.41 Å². The Morgan fingerprint density at radius 3 is 2.69 bits per heavy atom. The van der Waals surface area contributed by atoms with Crippen LogP contribution in [0.5, 0.6) is 0 Å². The maximum atomic E-state index is 12.0. The van der Waals surface area contributed by atoms with Crippen molar-refractivity contribution in [2.75, 3.05) is 6.61 Å². The number of nitrogens with zero attached hydrogens (tertiary/aromatic N) is 1. The Kier molecular flexibility index (Phi) is 2.86. The minimum atomic E-state index is -0.259. The lowest BCUT2D eigenvalue weighted by Crippen LogP contribution is -2.27. The van der Waals surface area contributed by atoms with Crippen LogP contribution in [0.25, 0.3) is 10.1 Å². The molecule has 0 spiro atoms. The minimum absolute atomic E-state index is 0.0436. The molecule has 0 atom stereocenters. The molecule has 1 heterocycles. The topological polar surface area (TPSA) is 42.2 Å². The summed E-state index contributed by atoms with van der Waals surface area (Å²) < 4.78 is 2.72. The molecule has 0 saturated heterocycles. The van der Waals surface area contributed by atoms with Gasteiger partial charge in [-0.25, -0.2) is 0 Å². The van der Waals surface area contributed by atoms with Crippen LogP contribution in [0.3, 0.4) is 0 Å². The third-order valence-corrected chi connectivity index (χ3v) is 3.62. The Morgan fingerprint density at radius 1 is 1.38 bits per heavy atom. The molecule has 1 aromatic heterocycles. The van der Waals surface area contributed by atoms with Crippen LogP contribution in [0.1, 0.15) is 13.8 Å². The van der Waals surface area contributed by atoms with E-state index in [-0.39, 0.29) is 17.6 Å². The SMILES string of the molecule is CC(C)(CO)Cn1sc2ccccc2c1=O. The zero-order valence-electron chi connectivity index (χ0n) is 9.43. The standard InChI is InChI=1S/C12H15NO2S/c1-12(2,8-14)7-13-11(15)9-5-3-4-6-10(9)16-13/h3-6,14H,7-8H2,1-2H3. The van der Waals surface area contributed by atoms with E-state index in [2.05, 4.69) is 0 Å². The Bertz CT molecular complexity index is 553. The fourth-order valence-corrected chi connectivity index (χ4v) is 2.79. The summed E-state index contributed by atoms with van der Waals surface area (Å²) in [5, 5.41) is 9.98. The average molecular weight is 237 g/mol. The van der Waals surface area contributed by atoms with E-state index in [1.54, 1.807) is 3.96 Å². The van der Waals surface area contributed by atoms with Gasteiger partial charge in [0.15, 0.2) is 0 Å². The van der Waals surface area contributed by atoms with Crippen molar-refractivity contribution in [2.45, 2.75) is 20.4 Å². The molecule has 1 aromatic carbocycles. The molecule has 86 valence electrons. The van der Waals surface area contributed by atoms with E-state index in [0.29, 0.717) is 6.54 Å². The molecule has 2 rings (SSSR count). The first-order chi connectivity index (χ1) is 7.53. The van der Waals surface area contributed by atoms with Crippen molar-refractivity contribution in [3.8, 4) is 0 Å². The van der Waals surface area contributed by atoms with Crippen molar-refractivity contribution < 1.29 is 5.11 Å². The molecular formula is C12H15NO2S. The van der Waals surface area contributed by atoms with E-state index in [0.717, 1.165) is 10.1 Å². The minimum Gasteiger partial charge on any atom is -0.396 e. The van der Waals surface area contributed by atoms with E-state index in [1.165, 1.54) is 11.5 Å². The summed E-state index contributed by atoms with van der Waals surface area (Å²) in [6.07, 6.45) is 0. The van der Waals surface area contributed by atoms with Gasteiger partial charge in [0, 0.05) is 18.6 Å². The quantitative estimate of drug-likeness (QED) is 0.888. The second kappa shape index (κ2) is 4.03. The normalized spacial score (nSPS) is 12.2.